The van der Waals surface area contributed by atoms with Crippen LogP contribution in [0.15, 0.2) is 0 Å². The molecule has 1 N–H and O–H groups in total. The van der Waals surface area contributed by atoms with Crippen LogP contribution in [0.2, 0.25) is 0 Å². The summed E-state index contributed by atoms with van der Waals surface area (Å²) >= 11 is 0. The van der Waals surface area contributed by atoms with Crippen molar-refractivity contribution < 1.29 is 0 Å². The fourth-order valence-electron chi connectivity index (χ4n) is 6.26. The summed E-state index contributed by atoms with van der Waals surface area (Å²) in [6.07, 6.45) is 12.1. The Kier molecular flexibility index (Phi) is 2.56. The lowest BCUT2D eigenvalue weighted by molar-refractivity contribution is 0.196. The highest BCUT2D eigenvalue weighted by molar-refractivity contribution is 5.06. The fraction of sp³-hybridized carbons (Fsp3) is 1.00. The molecule has 1 aliphatic heterocycles. The van der Waals surface area contributed by atoms with Crippen LogP contribution in [0.3, 0.4) is 0 Å². The summed E-state index contributed by atoms with van der Waals surface area (Å²) in [4.78, 5) is 2.75. The summed E-state index contributed by atoms with van der Waals surface area (Å²) in [7, 11) is 0. The van der Waals surface area contributed by atoms with Crippen LogP contribution in [0.5, 0.6) is 0 Å². The van der Waals surface area contributed by atoms with Gasteiger partial charge in [0.2, 0.25) is 0 Å². The predicted molar refractivity (Wildman–Crippen MR) is 77.0 cm³/mol. The van der Waals surface area contributed by atoms with Crippen molar-refractivity contribution in [3.8, 4) is 0 Å². The molecule has 0 spiro atoms. The number of rotatable bonds is 3. The molecule has 5 fully saturated rings. The Morgan fingerprint density at radius 1 is 0.842 bits per heavy atom. The van der Waals surface area contributed by atoms with Gasteiger partial charge >= 0.3 is 0 Å². The number of nitrogens with one attached hydrogen (secondary N) is 1. The topological polar surface area (TPSA) is 15.3 Å². The Morgan fingerprint density at radius 2 is 1.74 bits per heavy atom. The molecule has 5 aliphatic rings. The molecule has 2 bridgehead atoms. The molecular formula is C17H28N2. The second kappa shape index (κ2) is 4.21. The minimum Gasteiger partial charge on any atom is -0.310 e. The largest absolute Gasteiger partial charge is 0.310 e. The highest BCUT2D eigenvalue weighted by Gasteiger charge is 2.54. The number of hydrogen-bond donors (Lipinski definition) is 1. The lowest BCUT2D eigenvalue weighted by Crippen LogP contribution is -2.45. The van der Waals surface area contributed by atoms with E-state index in [2.05, 4.69) is 10.2 Å². The van der Waals surface area contributed by atoms with Crippen LogP contribution in [0.4, 0.5) is 0 Å². The van der Waals surface area contributed by atoms with E-state index in [1.807, 2.05) is 0 Å². The van der Waals surface area contributed by atoms with Gasteiger partial charge in [0, 0.05) is 31.2 Å². The number of fused-ring (bicyclic) bond motifs is 5. The maximum absolute atomic E-state index is 4.09. The van der Waals surface area contributed by atoms with Gasteiger partial charge in [0.05, 0.1) is 0 Å². The molecule has 1 heterocycles. The first-order valence-corrected chi connectivity index (χ1v) is 8.88. The SMILES string of the molecule is C1CC2C3CC(NC4CCN(C5CC5)C4)C(C3)C2C1. The minimum atomic E-state index is 0.824. The molecule has 0 aromatic rings. The average Bonchev–Trinajstić information content (AvgIpc) is 2.86. The van der Waals surface area contributed by atoms with Gasteiger partial charge in [-0.3, -0.25) is 4.90 Å². The van der Waals surface area contributed by atoms with E-state index in [4.69, 9.17) is 0 Å². The van der Waals surface area contributed by atoms with Gasteiger partial charge in [0.15, 0.2) is 0 Å². The fourth-order valence-corrected chi connectivity index (χ4v) is 6.26. The molecule has 1 saturated heterocycles. The van der Waals surface area contributed by atoms with Crippen molar-refractivity contribution in [3.63, 3.8) is 0 Å². The molecular weight excluding hydrogens is 232 g/mol. The molecule has 6 atom stereocenters. The zero-order valence-electron chi connectivity index (χ0n) is 12.1. The zero-order chi connectivity index (χ0) is 12.4. The summed E-state index contributed by atoms with van der Waals surface area (Å²) < 4.78 is 0. The smallest absolute Gasteiger partial charge is 0.0210 e. The Labute approximate surface area is 117 Å². The lowest BCUT2D eigenvalue weighted by atomic mass is 9.79. The van der Waals surface area contributed by atoms with Crippen molar-refractivity contribution in [2.75, 3.05) is 13.1 Å². The third-order valence-electron chi connectivity index (χ3n) is 7.16. The molecule has 0 amide bonds. The third-order valence-corrected chi connectivity index (χ3v) is 7.16. The molecule has 19 heavy (non-hydrogen) atoms. The van der Waals surface area contributed by atoms with Gasteiger partial charge in [0.25, 0.3) is 0 Å². The van der Waals surface area contributed by atoms with Crippen LogP contribution in [-0.4, -0.2) is 36.1 Å². The number of likely N-dealkylation sites (tertiary alicyclic amines) is 1. The minimum absolute atomic E-state index is 0.824. The van der Waals surface area contributed by atoms with Crippen molar-refractivity contribution >= 4 is 0 Å². The van der Waals surface area contributed by atoms with Crippen LogP contribution < -0.4 is 5.32 Å². The molecule has 4 aliphatic carbocycles. The van der Waals surface area contributed by atoms with E-state index in [-0.39, 0.29) is 0 Å². The van der Waals surface area contributed by atoms with Crippen molar-refractivity contribution in [3.05, 3.63) is 0 Å². The summed E-state index contributed by atoms with van der Waals surface area (Å²) in [6.45, 7) is 2.72. The molecule has 2 heteroatoms. The van der Waals surface area contributed by atoms with Crippen molar-refractivity contribution in [1.82, 2.24) is 10.2 Å². The van der Waals surface area contributed by atoms with Gasteiger partial charge in [-0.1, -0.05) is 6.42 Å². The molecule has 0 aromatic heterocycles. The molecule has 6 unspecified atom stereocenters. The Hall–Kier alpha value is -0.0800. The summed E-state index contributed by atoms with van der Waals surface area (Å²) in [5.41, 5.74) is 0. The Bertz CT molecular complexity index is 364. The van der Waals surface area contributed by atoms with Crippen LogP contribution in [-0.2, 0) is 0 Å². The van der Waals surface area contributed by atoms with E-state index in [0.29, 0.717) is 0 Å². The van der Waals surface area contributed by atoms with Crippen molar-refractivity contribution in [2.45, 2.75) is 69.5 Å². The van der Waals surface area contributed by atoms with Crippen LogP contribution >= 0.6 is 0 Å². The highest BCUT2D eigenvalue weighted by atomic mass is 15.2. The maximum Gasteiger partial charge on any atom is 0.0210 e. The van der Waals surface area contributed by atoms with E-state index in [0.717, 1.165) is 41.8 Å². The van der Waals surface area contributed by atoms with Crippen LogP contribution in [0.1, 0.15) is 51.4 Å². The van der Waals surface area contributed by atoms with E-state index < -0.39 is 0 Å². The van der Waals surface area contributed by atoms with Gasteiger partial charge in [-0.15, -0.1) is 0 Å². The van der Waals surface area contributed by atoms with Gasteiger partial charge in [-0.25, -0.2) is 0 Å². The van der Waals surface area contributed by atoms with Gasteiger partial charge in [-0.2, -0.15) is 0 Å². The predicted octanol–water partition coefficient (Wildman–Crippen LogP) is 2.64. The summed E-state index contributed by atoms with van der Waals surface area (Å²) in [5, 5.41) is 4.09. The molecule has 0 aromatic carbocycles. The summed E-state index contributed by atoms with van der Waals surface area (Å²) in [6, 6.07) is 2.70. The first-order valence-electron chi connectivity index (χ1n) is 8.88. The monoisotopic (exact) mass is 260 g/mol. The molecule has 2 nitrogen and oxygen atoms in total. The second-order valence-corrected chi connectivity index (χ2v) is 8.14. The van der Waals surface area contributed by atoms with E-state index in [1.54, 1.807) is 19.3 Å². The normalized spacial score (nSPS) is 53.1. The Balaban J connectivity index is 1.22. The average molecular weight is 260 g/mol. The standard InChI is InChI=1S/C17H28N2/c1-2-14-11-8-16(15(14)3-1)17(9-11)18-12-6-7-19(10-12)13-4-5-13/h11-18H,1-10H2. The second-order valence-electron chi connectivity index (χ2n) is 8.14. The summed E-state index contributed by atoms with van der Waals surface area (Å²) in [5.74, 6) is 4.44. The third kappa shape index (κ3) is 1.82. The first kappa shape index (κ1) is 11.6. The maximum atomic E-state index is 4.09. The number of nitrogens with zero attached hydrogens (tertiary/aromatic N) is 1. The Morgan fingerprint density at radius 3 is 2.63 bits per heavy atom. The van der Waals surface area contributed by atoms with E-state index in [1.165, 1.54) is 45.2 Å². The van der Waals surface area contributed by atoms with Gasteiger partial charge < -0.3 is 5.32 Å². The van der Waals surface area contributed by atoms with Crippen molar-refractivity contribution in [2.24, 2.45) is 23.7 Å². The first-order chi connectivity index (χ1) is 9.38. The van der Waals surface area contributed by atoms with E-state index in [9.17, 15) is 0 Å². The molecule has 0 radical (unpaired) electrons. The highest BCUT2D eigenvalue weighted by Crippen LogP contribution is 2.58. The van der Waals surface area contributed by atoms with Crippen molar-refractivity contribution in [1.29, 1.82) is 0 Å². The van der Waals surface area contributed by atoms with Crippen LogP contribution in [0, 0.1) is 23.7 Å². The van der Waals surface area contributed by atoms with Crippen LogP contribution in [0.25, 0.3) is 0 Å². The quantitative estimate of drug-likeness (QED) is 0.839. The van der Waals surface area contributed by atoms with E-state index >= 15 is 0 Å². The van der Waals surface area contributed by atoms with Gasteiger partial charge in [-0.05, 0) is 68.6 Å². The molecule has 5 rings (SSSR count). The lowest BCUT2D eigenvalue weighted by Gasteiger charge is -2.34. The van der Waals surface area contributed by atoms with Gasteiger partial charge in [0.1, 0.15) is 0 Å². The molecule has 106 valence electrons. The molecule has 4 saturated carbocycles. The number of hydrogen-bond acceptors (Lipinski definition) is 2. The zero-order valence-corrected chi connectivity index (χ0v) is 12.1.